The molecular formula is C10H11ClN4O. The molecule has 1 atom stereocenters. The van der Waals surface area contributed by atoms with Crippen LogP contribution in [0.25, 0.3) is 11.6 Å². The van der Waals surface area contributed by atoms with Crippen LogP contribution in [0.1, 0.15) is 12.2 Å². The maximum absolute atomic E-state index is 5.93. The van der Waals surface area contributed by atoms with Crippen LogP contribution in [-0.2, 0) is 13.0 Å². The van der Waals surface area contributed by atoms with Gasteiger partial charge >= 0.3 is 0 Å². The van der Waals surface area contributed by atoms with Gasteiger partial charge in [0.1, 0.15) is 5.82 Å². The Kier molecular flexibility index (Phi) is 2.22. The van der Waals surface area contributed by atoms with Crippen molar-refractivity contribution in [2.24, 2.45) is 5.73 Å². The van der Waals surface area contributed by atoms with Crippen molar-refractivity contribution in [2.45, 2.75) is 25.4 Å². The predicted octanol–water partition coefficient (Wildman–Crippen LogP) is 1.47. The molecule has 0 spiro atoms. The number of nitrogens with two attached hydrogens (primary N) is 1. The highest BCUT2D eigenvalue weighted by Gasteiger charge is 2.22. The quantitative estimate of drug-likeness (QED) is 0.817. The van der Waals surface area contributed by atoms with Crippen molar-refractivity contribution < 1.29 is 4.42 Å². The summed E-state index contributed by atoms with van der Waals surface area (Å²) in [7, 11) is 0. The lowest BCUT2D eigenvalue weighted by molar-refractivity contribution is 0.452. The van der Waals surface area contributed by atoms with Crippen LogP contribution < -0.4 is 5.73 Å². The lowest BCUT2D eigenvalue weighted by atomic mass is 10.1. The second-order valence-electron chi connectivity index (χ2n) is 3.95. The highest BCUT2D eigenvalue weighted by molar-refractivity contribution is 6.28. The molecule has 0 bridgehead atoms. The van der Waals surface area contributed by atoms with E-state index in [9.17, 15) is 0 Å². The van der Waals surface area contributed by atoms with Crippen molar-refractivity contribution in [1.82, 2.24) is 14.8 Å². The Hall–Kier alpha value is -1.33. The molecule has 0 radical (unpaired) electrons. The summed E-state index contributed by atoms with van der Waals surface area (Å²) in [4.78, 5) is 0. The molecule has 1 unspecified atom stereocenters. The largest absolute Gasteiger partial charge is 0.441 e. The molecular weight excluding hydrogens is 228 g/mol. The molecule has 1 aliphatic heterocycles. The monoisotopic (exact) mass is 238 g/mol. The molecule has 84 valence electrons. The van der Waals surface area contributed by atoms with Crippen molar-refractivity contribution in [3.63, 3.8) is 0 Å². The van der Waals surface area contributed by atoms with Crippen LogP contribution >= 0.6 is 11.6 Å². The van der Waals surface area contributed by atoms with E-state index < -0.39 is 0 Å². The smallest absolute Gasteiger partial charge is 0.199 e. The SMILES string of the molecule is NC1CCc2nnc(-c3ccc(Cl)o3)n2C1. The van der Waals surface area contributed by atoms with Gasteiger partial charge in [0.2, 0.25) is 0 Å². The first kappa shape index (κ1) is 9.86. The minimum Gasteiger partial charge on any atom is -0.441 e. The van der Waals surface area contributed by atoms with Crippen LogP contribution in [0.15, 0.2) is 16.5 Å². The second-order valence-corrected chi connectivity index (χ2v) is 4.33. The summed E-state index contributed by atoms with van der Waals surface area (Å²) in [5.74, 6) is 2.30. The van der Waals surface area contributed by atoms with E-state index in [1.54, 1.807) is 12.1 Å². The van der Waals surface area contributed by atoms with E-state index in [1.807, 2.05) is 4.57 Å². The second kappa shape index (κ2) is 3.61. The molecule has 0 aromatic carbocycles. The molecule has 5 nitrogen and oxygen atoms in total. The van der Waals surface area contributed by atoms with E-state index in [4.69, 9.17) is 21.8 Å². The zero-order valence-corrected chi connectivity index (χ0v) is 9.31. The summed E-state index contributed by atoms with van der Waals surface area (Å²) in [6, 6.07) is 3.65. The molecule has 6 heteroatoms. The molecule has 2 N–H and O–H groups in total. The van der Waals surface area contributed by atoms with Gasteiger partial charge in [0.05, 0.1) is 0 Å². The number of nitrogens with zero attached hydrogens (tertiary/aromatic N) is 3. The Balaban J connectivity index is 2.06. The van der Waals surface area contributed by atoms with Gasteiger partial charge in [-0.2, -0.15) is 0 Å². The van der Waals surface area contributed by atoms with Gasteiger partial charge in [-0.1, -0.05) is 0 Å². The fraction of sp³-hybridized carbons (Fsp3) is 0.400. The number of furan rings is 1. The first-order chi connectivity index (χ1) is 7.74. The number of halogens is 1. The molecule has 2 aromatic heterocycles. The standard InChI is InChI=1S/C10H11ClN4O/c11-8-3-2-7(16-8)10-14-13-9-4-1-6(12)5-15(9)10/h2-3,6H,1,4-5,12H2. The fourth-order valence-electron chi connectivity index (χ4n) is 1.97. The average Bonchev–Trinajstić information content (AvgIpc) is 2.83. The van der Waals surface area contributed by atoms with E-state index in [-0.39, 0.29) is 6.04 Å². The molecule has 1 aliphatic rings. The van der Waals surface area contributed by atoms with Gasteiger partial charge in [-0.3, -0.25) is 0 Å². The Labute approximate surface area is 97.2 Å². The Morgan fingerprint density at radius 3 is 3.06 bits per heavy atom. The zero-order valence-electron chi connectivity index (χ0n) is 8.56. The van der Waals surface area contributed by atoms with Gasteiger partial charge in [-0.25, -0.2) is 0 Å². The Morgan fingerprint density at radius 1 is 1.44 bits per heavy atom. The third-order valence-electron chi connectivity index (χ3n) is 2.78. The van der Waals surface area contributed by atoms with Crippen LogP contribution in [0.2, 0.25) is 5.22 Å². The topological polar surface area (TPSA) is 69.9 Å². The highest BCUT2D eigenvalue weighted by atomic mass is 35.5. The minimum atomic E-state index is 0.160. The van der Waals surface area contributed by atoms with Crippen LogP contribution in [0.5, 0.6) is 0 Å². The lowest BCUT2D eigenvalue weighted by Crippen LogP contribution is -2.32. The molecule has 3 heterocycles. The summed E-state index contributed by atoms with van der Waals surface area (Å²) in [6.07, 6.45) is 1.82. The van der Waals surface area contributed by atoms with Crippen LogP contribution in [0.3, 0.4) is 0 Å². The predicted molar refractivity (Wildman–Crippen MR) is 59.0 cm³/mol. The van der Waals surface area contributed by atoms with E-state index in [0.717, 1.165) is 25.2 Å². The molecule has 0 amide bonds. The lowest BCUT2D eigenvalue weighted by Gasteiger charge is -2.20. The Morgan fingerprint density at radius 2 is 2.31 bits per heavy atom. The van der Waals surface area contributed by atoms with E-state index >= 15 is 0 Å². The van der Waals surface area contributed by atoms with Gasteiger partial charge in [-0.15, -0.1) is 10.2 Å². The third kappa shape index (κ3) is 1.52. The number of rotatable bonds is 1. The van der Waals surface area contributed by atoms with E-state index in [1.165, 1.54) is 0 Å². The average molecular weight is 239 g/mol. The van der Waals surface area contributed by atoms with Gasteiger partial charge in [-0.05, 0) is 30.2 Å². The summed E-state index contributed by atoms with van der Waals surface area (Å²) in [5.41, 5.74) is 5.93. The molecule has 16 heavy (non-hydrogen) atoms. The molecule has 3 rings (SSSR count). The van der Waals surface area contributed by atoms with Crippen molar-refractivity contribution >= 4 is 11.6 Å². The summed E-state index contributed by atoms with van der Waals surface area (Å²) in [5, 5.41) is 8.61. The maximum atomic E-state index is 5.93. The van der Waals surface area contributed by atoms with Crippen molar-refractivity contribution in [3.8, 4) is 11.6 Å². The van der Waals surface area contributed by atoms with Gasteiger partial charge in [0.15, 0.2) is 16.8 Å². The summed E-state index contributed by atoms with van der Waals surface area (Å²) < 4.78 is 7.33. The Bertz CT molecular complexity index is 519. The van der Waals surface area contributed by atoms with Gasteiger partial charge in [0.25, 0.3) is 0 Å². The summed E-state index contributed by atoms with van der Waals surface area (Å²) >= 11 is 5.74. The molecule has 0 saturated heterocycles. The maximum Gasteiger partial charge on any atom is 0.199 e. The number of aryl methyl sites for hydroxylation is 1. The first-order valence-corrected chi connectivity index (χ1v) is 5.55. The molecule has 2 aromatic rings. The van der Waals surface area contributed by atoms with E-state index in [0.29, 0.717) is 16.8 Å². The third-order valence-corrected chi connectivity index (χ3v) is 2.98. The van der Waals surface area contributed by atoms with Crippen molar-refractivity contribution in [2.75, 3.05) is 0 Å². The van der Waals surface area contributed by atoms with Crippen molar-refractivity contribution in [1.29, 1.82) is 0 Å². The zero-order chi connectivity index (χ0) is 11.1. The normalized spacial score (nSPS) is 19.8. The minimum absolute atomic E-state index is 0.160. The van der Waals surface area contributed by atoms with E-state index in [2.05, 4.69) is 10.2 Å². The molecule has 0 aliphatic carbocycles. The molecule has 0 saturated carbocycles. The van der Waals surface area contributed by atoms with Crippen LogP contribution in [0, 0.1) is 0 Å². The van der Waals surface area contributed by atoms with Gasteiger partial charge < -0.3 is 14.7 Å². The summed E-state index contributed by atoms with van der Waals surface area (Å²) in [6.45, 7) is 0.732. The number of fused-ring (bicyclic) bond motifs is 1. The fourth-order valence-corrected chi connectivity index (χ4v) is 2.12. The first-order valence-electron chi connectivity index (χ1n) is 5.17. The number of hydrogen-bond acceptors (Lipinski definition) is 4. The van der Waals surface area contributed by atoms with Crippen molar-refractivity contribution in [3.05, 3.63) is 23.2 Å². The molecule has 0 fully saturated rings. The highest BCUT2D eigenvalue weighted by Crippen LogP contribution is 2.26. The van der Waals surface area contributed by atoms with Crippen LogP contribution in [0.4, 0.5) is 0 Å². The number of hydrogen-bond donors (Lipinski definition) is 1. The van der Waals surface area contributed by atoms with Crippen LogP contribution in [-0.4, -0.2) is 20.8 Å². The van der Waals surface area contributed by atoms with Gasteiger partial charge in [0, 0.05) is 19.0 Å². The number of aromatic nitrogens is 3.